The van der Waals surface area contributed by atoms with Crippen LogP contribution in [0.15, 0.2) is 17.6 Å². The summed E-state index contributed by atoms with van der Waals surface area (Å²) in [5, 5.41) is 0. The van der Waals surface area contributed by atoms with E-state index in [4.69, 9.17) is 0 Å². The lowest BCUT2D eigenvalue weighted by molar-refractivity contribution is -0.134. The SMILES string of the molecule is C=CCC1N=[C]OC1=O. The molecule has 9 heavy (non-hydrogen) atoms. The summed E-state index contributed by atoms with van der Waals surface area (Å²) < 4.78 is 4.31. The largest absolute Gasteiger partial charge is 0.400 e. The van der Waals surface area contributed by atoms with Gasteiger partial charge < -0.3 is 4.74 Å². The number of hydrogen-bond donors (Lipinski definition) is 0. The van der Waals surface area contributed by atoms with E-state index in [1.807, 2.05) is 0 Å². The smallest absolute Gasteiger partial charge is 0.338 e. The zero-order valence-corrected chi connectivity index (χ0v) is 4.83. The van der Waals surface area contributed by atoms with Crippen LogP contribution in [0.1, 0.15) is 6.42 Å². The molecule has 0 amide bonds. The first kappa shape index (κ1) is 6.01. The minimum atomic E-state index is -0.387. The summed E-state index contributed by atoms with van der Waals surface area (Å²) in [5.41, 5.74) is 0. The van der Waals surface area contributed by atoms with Crippen molar-refractivity contribution in [2.75, 3.05) is 0 Å². The maximum atomic E-state index is 10.5. The van der Waals surface area contributed by atoms with Crippen LogP contribution >= 0.6 is 0 Å². The molecule has 0 saturated carbocycles. The van der Waals surface area contributed by atoms with E-state index < -0.39 is 0 Å². The minimum absolute atomic E-state index is 0.338. The molecule has 0 N–H and O–H groups in total. The zero-order valence-electron chi connectivity index (χ0n) is 4.83. The minimum Gasteiger partial charge on any atom is -0.400 e. The van der Waals surface area contributed by atoms with Gasteiger partial charge in [0.2, 0.25) is 0 Å². The van der Waals surface area contributed by atoms with Crippen molar-refractivity contribution >= 4 is 12.4 Å². The second kappa shape index (κ2) is 2.44. The molecule has 1 atom stereocenters. The highest BCUT2D eigenvalue weighted by molar-refractivity contribution is 5.87. The Bertz CT molecular complexity index is 162. The van der Waals surface area contributed by atoms with Gasteiger partial charge in [-0.2, -0.15) is 0 Å². The van der Waals surface area contributed by atoms with Crippen LogP contribution in [-0.2, 0) is 9.53 Å². The van der Waals surface area contributed by atoms with Crippen LogP contribution in [0.4, 0.5) is 0 Å². The number of cyclic esters (lactones) is 1. The number of rotatable bonds is 2. The monoisotopic (exact) mass is 124 g/mol. The molecule has 0 bridgehead atoms. The van der Waals surface area contributed by atoms with Crippen LogP contribution in [-0.4, -0.2) is 18.4 Å². The van der Waals surface area contributed by atoms with Gasteiger partial charge in [0, 0.05) is 0 Å². The van der Waals surface area contributed by atoms with E-state index >= 15 is 0 Å². The van der Waals surface area contributed by atoms with Gasteiger partial charge in [-0.25, -0.2) is 9.79 Å². The van der Waals surface area contributed by atoms with Gasteiger partial charge in [-0.1, -0.05) is 6.08 Å². The molecule has 0 spiro atoms. The van der Waals surface area contributed by atoms with E-state index in [2.05, 4.69) is 22.7 Å². The van der Waals surface area contributed by atoms with Gasteiger partial charge >= 0.3 is 5.97 Å². The number of esters is 1. The molecule has 0 aromatic carbocycles. The van der Waals surface area contributed by atoms with Crippen molar-refractivity contribution < 1.29 is 9.53 Å². The molecule has 0 aromatic heterocycles. The van der Waals surface area contributed by atoms with Crippen molar-refractivity contribution in [3.05, 3.63) is 12.7 Å². The van der Waals surface area contributed by atoms with Crippen molar-refractivity contribution in [3.8, 4) is 0 Å². The van der Waals surface area contributed by atoms with Crippen molar-refractivity contribution in [1.29, 1.82) is 0 Å². The third-order valence-electron chi connectivity index (χ3n) is 1.02. The zero-order chi connectivity index (χ0) is 6.69. The Morgan fingerprint density at radius 3 is 3.22 bits per heavy atom. The Morgan fingerprint density at radius 2 is 2.78 bits per heavy atom. The standard InChI is InChI=1S/C6H6NO2/c1-2-3-5-6(8)9-4-7-5/h2,5H,1,3H2. The summed E-state index contributed by atoms with van der Waals surface area (Å²) >= 11 is 0. The van der Waals surface area contributed by atoms with Gasteiger partial charge in [0.25, 0.3) is 6.40 Å². The Balaban J connectivity index is 2.48. The lowest BCUT2D eigenvalue weighted by Gasteiger charge is -1.94. The van der Waals surface area contributed by atoms with Crippen LogP contribution in [0.2, 0.25) is 0 Å². The molecule has 1 heterocycles. The Hall–Kier alpha value is -1.12. The summed E-state index contributed by atoms with van der Waals surface area (Å²) in [6.45, 7) is 3.46. The molecule has 1 aliphatic rings. The normalized spacial score (nSPS) is 24.0. The summed E-state index contributed by atoms with van der Waals surface area (Å²) in [7, 11) is 0. The molecular formula is C6H6NO2. The number of carbonyl (C=O) groups excluding carboxylic acids is 1. The predicted molar refractivity (Wildman–Crippen MR) is 32.1 cm³/mol. The van der Waals surface area contributed by atoms with E-state index in [1.54, 1.807) is 6.08 Å². The molecule has 0 fully saturated rings. The first-order valence-corrected chi connectivity index (χ1v) is 2.61. The van der Waals surface area contributed by atoms with Crippen LogP contribution in [0.25, 0.3) is 0 Å². The quantitative estimate of drug-likeness (QED) is 0.394. The molecule has 0 saturated heterocycles. The maximum absolute atomic E-state index is 10.5. The molecular weight excluding hydrogens is 118 g/mol. The van der Waals surface area contributed by atoms with Crippen molar-refractivity contribution in [3.63, 3.8) is 0 Å². The van der Waals surface area contributed by atoms with Crippen molar-refractivity contribution in [1.82, 2.24) is 0 Å². The van der Waals surface area contributed by atoms with Gasteiger partial charge in [0.05, 0.1) is 0 Å². The number of aliphatic imine (C=N–C) groups is 1. The Kier molecular flexibility index (Phi) is 1.63. The third kappa shape index (κ3) is 1.16. The fraction of sp³-hybridized carbons (Fsp3) is 0.333. The van der Waals surface area contributed by atoms with Gasteiger partial charge in [0.1, 0.15) is 0 Å². The average molecular weight is 124 g/mol. The number of nitrogens with zero attached hydrogens (tertiary/aromatic N) is 1. The van der Waals surface area contributed by atoms with E-state index in [1.165, 1.54) is 0 Å². The number of hydrogen-bond acceptors (Lipinski definition) is 3. The van der Waals surface area contributed by atoms with Crippen molar-refractivity contribution in [2.45, 2.75) is 12.5 Å². The van der Waals surface area contributed by atoms with Crippen LogP contribution in [0.3, 0.4) is 0 Å². The van der Waals surface area contributed by atoms with E-state index in [0.29, 0.717) is 6.42 Å². The molecule has 47 valence electrons. The number of ether oxygens (including phenoxy) is 1. The van der Waals surface area contributed by atoms with E-state index in [9.17, 15) is 4.79 Å². The summed E-state index contributed by atoms with van der Waals surface area (Å²) in [5.74, 6) is -0.338. The second-order valence-electron chi connectivity index (χ2n) is 1.68. The fourth-order valence-corrected chi connectivity index (χ4v) is 0.562. The van der Waals surface area contributed by atoms with Crippen LogP contribution < -0.4 is 0 Å². The van der Waals surface area contributed by atoms with Gasteiger partial charge in [-0.15, -0.1) is 6.58 Å². The predicted octanol–water partition coefficient (Wildman–Crippen LogP) is 0.393. The highest BCUT2D eigenvalue weighted by Gasteiger charge is 2.21. The van der Waals surface area contributed by atoms with Gasteiger partial charge in [-0.05, 0) is 6.42 Å². The first-order chi connectivity index (χ1) is 4.34. The fourth-order valence-electron chi connectivity index (χ4n) is 0.562. The first-order valence-electron chi connectivity index (χ1n) is 2.61. The third-order valence-corrected chi connectivity index (χ3v) is 1.02. The summed E-state index contributed by atoms with van der Waals surface area (Å²) in [6.07, 6.45) is 4.30. The molecule has 1 unspecified atom stereocenters. The maximum Gasteiger partial charge on any atom is 0.338 e. The van der Waals surface area contributed by atoms with Gasteiger partial charge in [-0.3, -0.25) is 0 Å². The average Bonchev–Trinajstić information content (AvgIpc) is 2.18. The molecule has 0 aliphatic carbocycles. The molecule has 1 radical (unpaired) electrons. The summed E-state index contributed by atoms with van der Waals surface area (Å²) in [4.78, 5) is 14.2. The highest BCUT2D eigenvalue weighted by Crippen LogP contribution is 2.05. The van der Waals surface area contributed by atoms with E-state index in [0.717, 1.165) is 0 Å². The lowest BCUT2D eigenvalue weighted by Crippen LogP contribution is -2.12. The molecule has 1 rings (SSSR count). The molecule has 3 heteroatoms. The molecule has 0 aromatic rings. The second-order valence-corrected chi connectivity index (χ2v) is 1.68. The molecule has 3 nitrogen and oxygen atoms in total. The lowest BCUT2D eigenvalue weighted by atomic mass is 10.2. The summed E-state index contributed by atoms with van der Waals surface area (Å²) in [6, 6.07) is -0.387. The Labute approximate surface area is 53.0 Å². The highest BCUT2D eigenvalue weighted by atomic mass is 16.5. The Morgan fingerprint density at radius 1 is 2.00 bits per heavy atom. The molecule has 1 aliphatic heterocycles. The van der Waals surface area contributed by atoms with E-state index in [-0.39, 0.29) is 12.0 Å². The van der Waals surface area contributed by atoms with Crippen LogP contribution in [0.5, 0.6) is 0 Å². The number of carbonyl (C=O) groups is 1. The van der Waals surface area contributed by atoms with Crippen LogP contribution in [0, 0.1) is 0 Å². The van der Waals surface area contributed by atoms with Gasteiger partial charge in [0.15, 0.2) is 6.04 Å². The van der Waals surface area contributed by atoms with Crippen molar-refractivity contribution in [2.24, 2.45) is 4.99 Å². The topological polar surface area (TPSA) is 38.7 Å².